The van der Waals surface area contributed by atoms with Gasteiger partial charge in [0.15, 0.2) is 0 Å². The molecule has 1 rings (SSSR count). The molecule has 12 heavy (non-hydrogen) atoms. The van der Waals surface area contributed by atoms with E-state index in [-0.39, 0.29) is 0 Å². The number of rotatable bonds is 0. The van der Waals surface area contributed by atoms with Crippen LogP contribution in [0.5, 0.6) is 0 Å². The van der Waals surface area contributed by atoms with E-state index < -0.39 is 6.03 Å². The molecule has 0 radical (unpaired) electrons. The van der Waals surface area contributed by atoms with Crippen molar-refractivity contribution in [1.82, 2.24) is 0 Å². The molecule has 0 aromatic heterocycles. The topological polar surface area (TPSA) is 92.9 Å². The number of nitrogens with two attached hydrogens (primary N) is 2. The van der Waals surface area contributed by atoms with Crippen LogP contribution in [0.15, 0.2) is 30.3 Å². The molecule has 62 valence electrons. The van der Waals surface area contributed by atoms with E-state index in [2.05, 4.69) is 11.5 Å². The number of urea groups is 1. The van der Waals surface area contributed by atoms with Crippen LogP contribution in [0.1, 0.15) is 5.56 Å². The van der Waals surface area contributed by atoms with Crippen LogP contribution in [0.25, 0.3) is 0 Å². The lowest BCUT2D eigenvalue weighted by Crippen LogP contribution is -2.18. The maximum Gasteiger partial charge on any atom is 0.309 e. The highest BCUT2D eigenvalue weighted by Crippen LogP contribution is 1.92. The maximum absolute atomic E-state index is 9.00. The quantitative estimate of drug-likeness (QED) is 0.585. The summed E-state index contributed by atoms with van der Waals surface area (Å²) in [4.78, 5) is 9.00. The zero-order valence-electron chi connectivity index (χ0n) is 6.40. The van der Waals surface area contributed by atoms with Gasteiger partial charge in [-0.1, -0.05) is 18.2 Å². The monoisotopic (exact) mass is 163 g/mol. The van der Waals surface area contributed by atoms with Gasteiger partial charge in [-0.3, -0.25) is 0 Å². The molecule has 2 amide bonds. The molecule has 0 saturated heterocycles. The van der Waals surface area contributed by atoms with E-state index in [0.29, 0.717) is 5.56 Å². The molecule has 0 bridgehead atoms. The Bertz CT molecular complexity index is 272. The first kappa shape index (κ1) is 9.98. The van der Waals surface area contributed by atoms with Crippen LogP contribution in [0.2, 0.25) is 0 Å². The van der Waals surface area contributed by atoms with Gasteiger partial charge in [-0.15, -0.1) is 0 Å². The van der Waals surface area contributed by atoms with Crippen molar-refractivity contribution in [3.8, 4) is 6.07 Å². The van der Waals surface area contributed by atoms with Crippen LogP contribution in [-0.2, 0) is 0 Å². The van der Waals surface area contributed by atoms with E-state index in [4.69, 9.17) is 10.1 Å². The van der Waals surface area contributed by atoms with Gasteiger partial charge >= 0.3 is 6.03 Å². The first-order chi connectivity index (χ1) is 5.66. The molecule has 0 aliphatic carbocycles. The third-order valence-electron chi connectivity index (χ3n) is 0.903. The third kappa shape index (κ3) is 6.11. The molecule has 0 atom stereocenters. The van der Waals surface area contributed by atoms with Gasteiger partial charge in [0.1, 0.15) is 0 Å². The molecule has 0 spiro atoms. The Morgan fingerprint density at radius 1 is 1.25 bits per heavy atom. The molecule has 1 aromatic carbocycles. The van der Waals surface area contributed by atoms with E-state index in [9.17, 15) is 0 Å². The molecule has 0 unspecified atom stereocenters. The van der Waals surface area contributed by atoms with Crippen LogP contribution in [0, 0.1) is 11.3 Å². The summed E-state index contributed by atoms with van der Waals surface area (Å²) >= 11 is 0. The highest BCUT2D eigenvalue weighted by atomic mass is 16.2. The highest BCUT2D eigenvalue weighted by molar-refractivity contribution is 5.69. The summed E-state index contributed by atoms with van der Waals surface area (Å²) in [5, 5.41) is 8.29. The average molecular weight is 163 g/mol. The Morgan fingerprint density at radius 3 is 1.92 bits per heavy atom. The number of primary amides is 2. The summed E-state index contributed by atoms with van der Waals surface area (Å²) in [5.74, 6) is 0. The van der Waals surface area contributed by atoms with Gasteiger partial charge in [0, 0.05) is 0 Å². The lowest BCUT2D eigenvalue weighted by atomic mass is 10.2. The second-order valence-corrected chi connectivity index (χ2v) is 1.88. The van der Waals surface area contributed by atoms with Crippen molar-refractivity contribution in [3.05, 3.63) is 35.9 Å². The predicted octanol–water partition coefficient (Wildman–Crippen LogP) is 0.582. The number of nitriles is 1. The molecular formula is C8H9N3O. The number of hydrogen-bond donors (Lipinski definition) is 2. The van der Waals surface area contributed by atoms with Crippen LogP contribution >= 0.6 is 0 Å². The van der Waals surface area contributed by atoms with Crippen molar-refractivity contribution in [1.29, 1.82) is 5.26 Å². The lowest BCUT2D eigenvalue weighted by molar-refractivity contribution is 0.256. The zero-order valence-corrected chi connectivity index (χ0v) is 6.40. The normalized spacial score (nSPS) is 7.25. The van der Waals surface area contributed by atoms with Gasteiger partial charge in [-0.2, -0.15) is 5.26 Å². The van der Waals surface area contributed by atoms with E-state index in [1.54, 1.807) is 12.1 Å². The minimum atomic E-state index is -0.833. The molecule has 0 fully saturated rings. The molecule has 0 aliphatic heterocycles. The fourth-order valence-corrected chi connectivity index (χ4v) is 0.513. The first-order valence-corrected chi connectivity index (χ1v) is 3.17. The number of amides is 2. The number of carbonyl (C=O) groups is 1. The Labute approximate surface area is 70.4 Å². The van der Waals surface area contributed by atoms with Gasteiger partial charge in [-0.05, 0) is 12.1 Å². The minimum absolute atomic E-state index is 0.715. The summed E-state index contributed by atoms with van der Waals surface area (Å²) in [5.41, 5.74) is 9.22. The van der Waals surface area contributed by atoms with Crippen LogP contribution < -0.4 is 11.5 Å². The minimum Gasteiger partial charge on any atom is -0.352 e. The standard InChI is InChI=1S/C7H5N.CH4N2O/c8-6-7-4-2-1-3-5-7;2-1(3)4/h1-5H;(H4,2,3,4). The fourth-order valence-electron chi connectivity index (χ4n) is 0.513. The number of carbonyl (C=O) groups excluding carboxylic acids is 1. The van der Waals surface area contributed by atoms with Crippen molar-refractivity contribution < 1.29 is 4.79 Å². The first-order valence-electron chi connectivity index (χ1n) is 3.17. The zero-order chi connectivity index (χ0) is 9.40. The summed E-state index contributed by atoms with van der Waals surface area (Å²) in [6.07, 6.45) is 0. The lowest BCUT2D eigenvalue weighted by Gasteiger charge is -1.80. The third-order valence-corrected chi connectivity index (χ3v) is 0.903. The molecular weight excluding hydrogens is 154 g/mol. The fraction of sp³-hybridized carbons (Fsp3) is 0. The SMILES string of the molecule is N#Cc1ccccc1.NC(N)=O. The van der Waals surface area contributed by atoms with Gasteiger partial charge in [0.05, 0.1) is 11.6 Å². The van der Waals surface area contributed by atoms with E-state index >= 15 is 0 Å². The van der Waals surface area contributed by atoms with E-state index in [1.807, 2.05) is 24.3 Å². The largest absolute Gasteiger partial charge is 0.352 e. The Hall–Kier alpha value is -2.02. The molecule has 0 aliphatic rings. The van der Waals surface area contributed by atoms with Crippen molar-refractivity contribution in [3.63, 3.8) is 0 Å². The van der Waals surface area contributed by atoms with Crippen LogP contribution in [-0.4, -0.2) is 6.03 Å². The smallest absolute Gasteiger partial charge is 0.309 e. The molecule has 0 saturated carbocycles. The number of hydrogen-bond acceptors (Lipinski definition) is 2. The summed E-state index contributed by atoms with van der Waals surface area (Å²) < 4.78 is 0. The van der Waals surface area contributed by atoms with Gasteiger partial charge in [-0.25, -0.2) is 4.79 Å². The van der Waals surface area contributed by atoms with Gasteiger partial charge < -0.3 is 11.5 Å². The Balaban J connectivity index is 0.000000261. The second-order valence-electron chi connectivity index (χ2n) is 1.88. The van der Waals surface area contributed by atoms with E-state index in [0.717, 1.165) is 0 Å². The summed E-state index contributed by atoms with van der Waals surface area (Å²) in [7, 11) is 0. The van der Waals surface area contributed by atoms with Crippen molar-refractivity contribution in [2.75, 3.05) is 0 Å². The van der Waals surface area contributed by atoms with Gasteiger partial charge in [0.25, 0.3) is 0 Å². The molecule has 1 aromatic rings. The molecule has 4 nitrogen and oxygen atoms in total. The Kier molecular flexibility index (Phi) is 4.77. The average Bonchev–Trinajstić information content (AvgIpc) is 2.05. The number of nitrogens with zero attached hydrogens (tertiary/aromatic N) is 1. The maximum atomic E-state index is 9.00. The summed E-state index contributed by atoms with van der Waals surface area (Å²) in [6, 6.07) is 10.3. The van der Waals surface area contributed by atoms with Crippen LogP contribution in [0.3, 0.4) is 0 Å². The second kappa shape index (κ2) is 5.74. The van der Waals surface area contributed by atoms with Crippen molar-refractivity contribution in [2.24, 2.45) is 11.5 Å². The van der Waals surface area contributed by atoms with Crippen LogP contribution in [0.4, 0.5) is 4.79 Å². The van der Waals surface area contributed by atoms with E-state index in [1.165, 1.54) is 0 Å². The van der Waals surface area contributed by atoms with Gasteiger partial charge in [0.2, 0.25) is 0 Å². The molecule has 4 N–H and O–H groups in total. The number of benzene rings is 1. The molecule has 4 heteroatoms. The molecule has 0 heterocycles. The van der Waals surface area contributed by atoms with Crippen molar-refractivity contribution >= 4 is 6.03 Å². The highest BCUT2D eigenvalue weighted by Gasteiger charge is 1.79. The predicted molar refractivity (Wildman–Crippen MR) is 44.9 cm³/mol. The van der Waals surface area contributed by atoms with Crippen molar-refractivity contribution in [2.45, 2.75) is 0 Å². The Morgan fingerprint density at radius 2 is 1.67 bits per heavy atom. The summed E-state index contributed by atoms with van der Waals surface area (Å²) in [6.45, 7) is 0.